The van der Waals surface area contributed by atoms with E-state index in [-0.39, 0.29) is 5.54 Å². The van der Waals surface area contributed by atoms with Crippen LogP contribution in [0.2, 0.25) is 0 Å². The summed E-state index contributed by atoms with van der Waals surface area (Å²) in [5, 5.41) is 12.6. The second kappa shape index (κ2) is 3.52. The van der Waals surface area contributed by atoms with Crippen molar-refractivity contribution in [2.45, 2.75) is 50.7 Å². The van der Waals surface area contributed by atoms with Gasteiger partial charge in [0.15, 0.2) is 0 Å². The number of nitrogens with zero attached hydrogens (tertiary/aromatic N) is 2. The number of nitrogens with one attached hydrogen (secondary N) is 1. The Morgan fingerprint density at radius 3 is 2.79 bits per heavy atom. The zero-order valence-corrected chi connectivity index (χ0v) is 9.08. The molecule has 0 radical (unpaired) electrons. The van der Waals surface area contributed by atoms with Gasteiger partial charge in [0.25, 0.3) is 0 Å². The summed E-state index contributed by atoms with van der Waals surface area (Å²) in [6.45, 7) is 6.13. The van der Waals surface area contributed by atoms with Gasteiger partial charge in [0, 0.05) is 18.6 Å². The van der Waals surface area contributed by atoms with E-state index >= 15 is 0 Å². The van der Waals surface area contributed by atoms with Crippen LogP contribution in [0.1, 0.15) is 33.1 Å². The minimum absolute atomic E-state index is 0.267. The van der Waals surface area contributed by atoms with Crippen LogP contribution in [0.25, 0.3) is 0 Å². The Morgan fingerprint density at radius 2 is 2.29 bits per heavy atom. The molecule has 1 heterocycles. The molecule has 0 aromatic rings. The third-order valence-corrected chi connectivity index (χ3v) is 3.41. The van der Waals surface area contributed by atoms with Crippen LogP contribution in [-0.4, -0.2) is 35.6 Å². The van der Waals surface area contributed by atoms with E-state index in [9.17, 15) is 5.26 Å². The summed E-state index contributed by atoms with van der Waals surface area (Å²) in [4.78, 5) is 2.51. The van der Waals surface area contributed by atoms with Crippen molar-refractivity contribution in [3.05, 3.63) is 0 Å². The largest absolute Gasteiger partial charge is 0.299 e. The second-order valence-electron chi connectivity index (χ2n) is 4.68. The van der Waals surface area contributed by atoms with E-state index in [0.717, 1.165) is 25.6 Å². The molecule has 2 aliphatic rings. The number of nitriles is 1. The van der Waals surface area contributed by atoms with Gasteiger partial charge in [-0.15, -0.1) is 0 Å². The molecule has 0 aromatic carbocycles. The lowest BCUT2D eigenvalue weighted by Gasteiger charge is -2.22. The zero-order valence-electron chi connectivity index (χ0n) is 9.08. The van der Waals surface area contributed by atoms with Gasteiger partial charge in [-0.3, -0.25) is 10.2 Å². The van der Waals surface area contributed by atoms with Gasteiger partial charge in [-0.25, -0.2) is 0 Å². The maximum atomic E-state index is 9.25. The molecule has 2 atom stereocenters. The average molecular weight is 193 g/mol. The molecule has 2 unspecified atom stereocenters. The van der Waals surface area contributed by atoms with Gasteiger partial charge < -0.3 is 0 Å². The Hall–Kier alpha value is -0.590. The Morgan fingerprint density at radius 1 is 1.57 bits per heavy atom. The fourth-order valence-electron chi connectivity index (χ4n) is 2.64. The summed E-state index contributed by atoms with van der Waals surface area (Å²) in [5.41, 5.74) is -0.267. The zero-order chi connectivity index (χ0) is 10.2. The highest BCUT2D eigenvalue weighted by atomic mass is 15.3. The molecule has 1 saturated heterocycles. The van der Waals surface area contributed by atoms with Gasteiger partial charge in [-0.1, -0.05) is 6.92 Å². The van der Waals surface area contributed by atoms with Gasteiger partial charge in [0.1, 0.15) is 5.54 Å². The first kappa shape index (κ1) is 9.95. The molecule has 0 spiro atoms. The van der Waals surface area contributed by atoms with E-state index < -0.39 is 0 Å². The minimum atomic E-state index is -0.267. The summed E-state index contributed by atoms with van der Waals surface area (Å²) in [6.07, 6.45) is 3.64. The third kappa shape index (κ3) is 1.65. The first-order valence-electron chi connectivity index (χ1n) is 5.63. The first-order chi connectivity index (χ1) is 6.71. The van der Waals surface area contributed by atoms with Crippen LogP contribution < -0.4 is 5.32 Å². The maximum Gasteiger partial charge on any atom is 0.121 e. The van der Waals surface area contributed by atoms with Crippen molar-refractivity contribution in [3.63, 3.8) is 0 Å². The van der Waals surface area contributed by atoms with Crippen molar-refractivity contribution in [1.82, 2.24) is 10.2 Å². The molecule has 3 nitrogen and oxygen atoms in total. The predicted octanol–water partition coefficient (Wildman–Crippen LogP) is 1.11. The second-order valence-corrected chi connectivity index (χ2v) is 4.68. The fourth-order valence-corrected chi connectivity index (χ4v) is 2.64. The summed E-state index contributed by atoms with van der Waals surface area (Å²) in [7, 11) is 0. The van der Waals surface area contributed by atoms with Gasteiger partial charge in [-0.2, -0.15) is 5.26 Å². The highest BCUT2D eigenvalue weighted by molar-refractivity contribution is 5.16. The van der Waals surface area contributed by atoms with Crippen molar-refractivity contribution in [2.24, 2.45) is 0 Å². The van der Waals surface area contributed by atoms with E-state index in [4.69, 9.17) is 0 Å². The van der Waals surface area contributed by atoms with Crippen LogP contribution in [0.3, 0.4) is 0 Å². The standard InChI is InChI=1S/C11H19N3/c1-3-13-11(7-12)6-9(2)14(8-11)10-4-5-10/h9-10,13H,3-6,8H2,1-2H3. The average Bonchev–Trinajstić information content (AvgIpc) is 2.94. The Balaban J connectivity index is 2.05. The molecule has 1 saturated carbocycles. The smallest absolute Gasteiger partial charge is 0.121 e. The van der Waals surface area contributed by atoms with Crippen LogP contribution in [0.5, 0.6) is 0 Å². The van der Waals surface area contributed by atoms with Crippen molar-refractivity contribution in [3.8, 4) is 6.07 Å². The molecule has 14 heavy (non-hydrogen) atoms. The lowest BCUT2D eigenvalue weighted by Crippen LogP contribution is -2.46. The number of hydrogen-bond donors (Lipinski definition) is 1. The van der Waals surface area contributed by atoms with E-state index in [2.05, 4.69) is 30.1 Å². The molecule has 78 valence electrons. The van der Waals surface area contributed by atoms with Crippen LogP contribution in [0, 0.1) is 11.3 Å². The molecule has 0 bridgehead atoms. The topological polar surface area (TPSA) is 39.1 Å². The van der Waals surface area contributed by atoms with Crippen LogP contribution in [0.4, 0.5) is 0 Å². The van der Waals surface area contributed by atoms with Crippen molar-refractivity contribution >= 4 is 0 Å². The maximum absolute atomic E-state index is 9.25. The molecular weight excluding hydrogens is 174 g/mol. The van der Waals surface area contributed by atoms with Gasteiger partial charge >= 0.3 is 0 Å². The Labute approximate surface area is 86.1 Å². The molecule has 2 rings (SSSR count). The monoisotopic (exact) mass is 193 g/mol. The molecule has 0 aromatic heterocycles. The Kier molecular flexibility index (Phi) is 2.50. The summed E-state index contributed by atoms with van der Waals surface area (Å²) >= 11 is 0. The molecule has 0 amide bonds. The van der Waals surface area contributed by atoms with Crippen molar-refractivity contribution in [1.29, 1.82) is 5.26 Å². The van der Waals surface area contributed by atoms with E-state index in [0.29, 0.717) is 6.04 Å². The van der Waals surface area contributed by atoms with Crippen LogP contribution >= 0.6 is 0 Å². The predicted molar refractivity (Wildman–Crippen MR) is 55.8 cm³/mol. The van der Waals surface area contributed by atoms with E-state index in [1.165, 1.54) is 12.8 Å². The van der Waals surface area contributed by atoms with Gasteiger partial charge in [0.05, 0.1) is 6.07 Å². The highest BCUT2D eigenvalue weighted by Crippen LogP contribution is 2.36. The molecule has 1 aliphatic carbocycles. The normalized spacial score (nSPS) is 38.5. The first-order valence-corrected chi connectivity index (χ1v) is 5.63. The Bertz CT molecular complexity index is 254. The molecular formula is C11H19N3. The molecule has 1 aliphatic heterocycles. The summed E-state index contributed by atoms with van der Waals surface area (Å²) in [6, 6.07) is 3.82. The van der Waals surface area contributed by atoms with E-state index in [1.54, 1.807) is 0 Å². The minimum Gasteiger partial charge on any atom is -0.299 e. The number of likely N-dealkylation sites (N-methyl/N-ethyl adjacent to an activating group) is 1. The third-order valence-electron chi connectivity index (χ3n) is 3.41. The molecule has 2 fully saturated rings. The molecule has 3 heteroatoms. The quantitative estimate of drug-likeness (QED) is 0.730. The number of rotatable bonds is 3. The summed E-state index contributed by atoms with van der Waals surface area (Å²) < 4.78 is 0. The SMILES string of the molecule is CCNC1(C#N)CC(C)N(C2CC2)C1. The fraction of sp³-hybridized carbons (Fsp3) is 0.909. The highest BCUT2D eigenvalue weighted by Gasteiger charge is 2.46. The number of likely N-dealkylation sites (tertiary alicyclic amines) is 1. The molecule has 1 N–H and O–H groups in total. The van der Waals surface area contributed by atoms with Gasteiger partial charge in [0.2, 0.25) is 0 Å². The summed E-state index contributed by atoms with van der Waals surface area (Å²) in [5.74, 6) is 0. The van der Waals surface area contributed by atoms with E-state index in [1.807, 2.05) is 0 Å². The lowest BCUT2D eigenvalue weighted by molar-refractivity contribution is 0.250. The van der Waals surface area contributed by atoms with Crippen molar-refractivity contribution in [2.75, 3.05) is 13.1 Å². The van der Waals surface area contributed by atoms with Crippen LogP contribution in [0.15, 0.2) is 0 Å². The lowest BCUT2D eigenvalue weighted by atomic mass is 9.98. The van der Waals surface area contributed by atoms with Crippen molar-refractivity contribution < 1.29 is 0 Å². The van der Waals surface area contributed by atoms with Gasteiger partial charge in [-0.05, 0) is 32.7 Å². The van der Waals surface area contributed by atoms with Crippen LogP contribution in [-0.2, 0) is 0 Å². The number of hydrogen-bond acceptors (Lipinski definition) is 3.